The van der Waals surface area contributed by atoms with Crippen molar-refractivity contribution in [3.8, 4) is 0 Å². The molecule has 0 unspecified atom stereocenters. The van der Waals surface area contributed by atoms with Gasteiger partial charge in [-0.1, -0.05) is 27.3 Å². The molecule has 2 N–H and O–H groups in total. The second kappa shape index (κ2) is 5.39. The average Bonchev–Trinajstić information content (AvgIpc) is 2.63. The van der Waals surface area contributed by atoms with E-state index in [0.29, 0.717) is 27.2 Å². The molecular weight excluding hydrogens is 420 g/mol. The van der Waals surface area contributed by atoms with E-state index < -0.39 is 14.9 Å². The van der Waals surface area contributed by atoms with Gasteiger partial charge in [-0.25, -0.2) is 8.42 Å². The Morgan fingerprint density at radius 1 is 1.32 bits per heavy atom. The highest BCUT2D eigenvalue weighted by molar-refractivity contribution is 9.11. The van der Waals surface area contributed by atoms with Crippen molar-refractivity contribution in [2.24, 2.45) is 0 Å². The van der Waals surface area contributed by atoms with Crippen LogP contribution in [0.25, 0.3) is 0 Å². The van der Waals surface area contributed by atoms with Crippen molar-refractivity contribution in [1.29, 1.82) is 0 Å². The van der Waals surface area contributed by atoms with Crippen LogP contribution in [-0.4, -0.2) is 13.4 Å². The maximum atomic E-state index is 12.2. The molecule has 1 heterocycles. The Hall–Kier alpha value is -0.640. The first-order valence-electron chi connectivity index (χ1n) is 4.97. The topological polar surface area (TPSA) is 79.0 Å². The molecule has 1 aromatic carbocycles. The number of H-pyrrole nitrogens is 1. The Balaban J connectivity index is 2.42. The van der Waals surface area contributed by atoms with Crippen LogP contribution in [-0.2, 0) is 10.0 Å². The Kier molecular flexibility index (Phi) is 4.19. The monoisotopic (exact) mass is 426 g/mol. The van der Waals surface area contributed by atoms with E-state index in [-0.39, 0.29) is 4.21 Å². The molecule has 5 nitrogen and oxygen atoms in total. The fourth-order valence-corrected chi connectivity index (χ4v) is 5.07. The SMILES string of the molecule is Cc1[nH]c(=O)sc1S(=O)(=O)Nc1ccc(Br)cc1Br. The lowest BCUT2D eigenvalue weighted by Gasteiger charge is -2.09. The number of halogens is 2. The van der Waals surface area contributed by atoms with Crippen LogP contribution < -0.4 is 9.60 Å². The fourth-order valence-electron chi connectivity index (χ4n) is 1.41. The van der Waals surface area contributed by atoms with Crippen LogP contribution in [0.5, 0.6) is 0 Å². The smallest absolute Gasteiger partial charge is 0.306 e. The highest BCUT2D eigenvalue weighted by Gasteiger charge is 2.21. The molecule has 0 bridgehead atoms. The quantitative estimate of drug-likeness (QED) is 0.789. The molecule has 0 atom stereocenters. The van der Waals surface area contributed by atoms with Crippen molar-refractivity contribution < 1.29 is 8.42 Å². The molecule has 0 saturated heterocycles. The molecule has 0 aliphatic rings. The Labute approximate surface area is 130 Å². The number of nitrogens with one attached hydrogen (secondary N) is 2. The van der Waals surface area contributed by atoms with Crippen LogP contribution in [0.2, 0.25) is 0 Å². The number of anilines is 1. The van der Waals surface area contributed by atoms with Gasteiger partial charge in [-0.3, -0.25) is 9.52 Å². The van der Waals surface area contributed by atoms with Gasteiger partial charge in [0.1, 0.15) is 0 Å². The second-order valence-corrected chi connectivity index (χ2v) is 8.29. The highest BCUT2D eigenvalue weighted by Crippen LogP contribution is 2.29. The van der Waals surface area contributed by atoms with Gasteiger partial charge in [-0.2, -0.15) is 0 Å². The third-order valence-electron chi connectivity index (χ3n) is 2.20. The predicted molar refractivity (Wildman–Crippen MR) is 82.3 cm³/mol. The number of benzene rings is 1. The summed E-state index contributed by atoms with van der Waals surface area (Å²) in [5.41, 5.74) is 0.735. The Morgan fingerprint density at radius 3 is 2.53 bits per heavy atom. The second-order valence-electron chi connectivity index (χ2n) is 3.66. The van der Waals surface area contributed by atoms with Crippen molar-refractivity contribution in [2.45, 2.75) is 11.1 Å². The number of hydrogen-bond acceptors (Lipinski definition) is 4. The van der Waals surface area contributed by atoms with E-state index in [1.807, 2.05) is 0 Å². The van der Waals surface area contributed by atoms with Gasteiger partial charge in [0.2, 0.25) is 0 Å². The minimum Gasteiger partial charge on any atom is -0.315 e. The van der Waals surface area contributed by atoms with Gasteiger partial charge < -0.3 is 4.98 Å². The molecule has 0 radical (unpaired) electrons. The van der Waals surface area contributed by atoms with E-state index in [4.69, 9.17) is 0 Å². The lowest BCUT2D eigenvalue weighted by Crippen LogP contribution is -2.13. The van der Waals surface area contributed by atoms with Gasteiger partial charge in [0, 0.05) is 14.6 Å². The van der Waals surface area contributed by atoms with Crippen LogP contribution in [0.4, 0.5) is 5.69 Å². The third-order valence-corrected chi connectivity index (χ3v) is 6.32. The van der Waals surface area contributed by atoms with E-state index in [2.05, 4.69) is 41.6 Å². The van der Waals surface area contributed by atoms with Crippen LogP contribution in [0, 0.1) is 6.92 Å². The summed E-state index contributed by atoms with van der Waals surface area (Å²) in [6, 6.07) is 5.07. The summed E-state index contributed by atoms with van der Waals surface area (Å²) >= 11 is 7.22. The van der Waals surface area contributed by atoms with Gasteiger partial charge in [-0.15, -0.1) is 0 Å². The summed E-state index contributed by atoms with van der Waals surface area (Å²) < 4.78 is 28.2. The van der Waals surface area contributed by atoms with E-state index in [9.17, 15) is 13.2 Å². The molecule has 0 saturated carbocycles. The molecule has 9 heteroatoms. The number of aromatic amines is 1. The summed E-state index contributed by atoms with van der Waals surface area (Å²) in [5.74, 6) is 0. The number of thiazole rings is 1. The predicted octanol–water partition coefficient (Wildman–Crippen LogP) is 3.07. The summed E-state index contributed by atoms with van der Waals surface area (Å²) in [5, 5.41) is 0. The third kappa shape index (κ3) is 3.28. The van der Waals surface area contributed by atoms with Gasteiger partial charge in [0.05, 0.1) is 5.69 Å². The Morgan fingerprint density at radius 2 is 2.00 bits per heavy atom. The number of aryl methyl sites for hydroxylation is 1. The van der Waals surface area contributed by atoms with Gasteiger partial charge in [0.15, 0.2) is 4.21 Å². The van der Waals surface area contributed by atoms with Crippen LogP contribution in [0.15, 0.2) is 36.1 Å². The molecule has 2 rings (SSSR count). The number of hydrogen-bond donors (Lipinski definition) is 2. The van der Waals surface area contributed by atoms with Crippen molar-refractivity contribution in [1.82, 2.24) is 4.98 Å². The maximum Gasteiger partial charge on any atom is 0.306 e. The number of rotatable bonds is 3. The van der Waals surface area contributed by atoms with E-state index >= 15 is 0 Å². The summed E-state index contributed by atoms with van der Waals surface area (Å²) in [7, 11) is -3.77. The lowest BCUT2D eigenvalue weighted by molar-refractivity contribution is 0.602. The minimum atomic E-state index is -3.77. The summed E-state index contributed by atoms with van der Waals surface area (Å²) in [6.07, 6.45) is 0. The molecule has 1 aromatic heterocycles. The number of sulfonamides is 1. The van der Waals surface area contributed by atoms with E-state index in [1.54, 1.807) is 25.1 Å². The number of aromatic nitrogens is 1. The molecule has 0 amide bonds. The maximum absolute atomic E-state index is 12.2. The molecule has 0 aliphatic heterocycles. The summed E-state index contributed by atoms with van der Waals surface area (Å²) in [4.78, 5) is 13.2. The van der Waals surface area contributed by atoms with Gasteiger partial charge in [0.25, 0.3) is 10.0 Å². The minimum absolute atomic E-state index is 0.00711. The van der Waals surface area contributed by atoms with E-state index in [0.717, 1.165) is 4.47 Å². The van der Waals surface area contributed by atoms with Crippen LogP contribution in [0.1, 0.15) is 5.69 Å². The van der Waals surface area contributed by atoms with Crippen molar-refractivity contribution in [2.75, 3.05) is 4.72 Å². The zero-order valence-electron chi connectivity index (χ0n) is 9.53. The normalized spacial score (nSPS) is 11.5. The molecular formula is C10H8Br2N2O3S2. The first-order valence-corrected chi connectivity index (χ1v) is 8.86. The molecule has 19 heavy (non-hydrogen) atoms. The Bertz CT molecular complexity index is 780. The fraction of sp³-hybridized carbons (Fsp3) is 0.100. The molecule has 102 valence electrons. The molecule has 0 spiro atoms. The van der Waals surface area contributed by atoms with Gasteiger partial charge >= 0.3 is 4.87 Å². The molecule has 0 aliphatic carbocycles. The zero-order chi connectivity index (χ0) is 14.2. The van der Waals surface area contributed by atoms with E-state index in [1.165, 1.54) is 0 Å². The average molecular weight is 428 g/mol. The lowest BCUT2D eigenvalue weighted by atomic mass is 10.3. The van der Waals surface area contributed by atoms with Crippen LogP contribution >= 0.6 is 43.2 Å². The van der Waals surface area contributed by atoms with Crippen molar-refractivity contribution in [3.63, 3.8) is 0 Å². The van der Waals surface area contributed by atoms with Crippen molar-refractivity contribution in [3.05, 3.63) is 42.5 Å². The molecule has 0 fully saturated rings. The largest absolute Gasteiger partial charge is 0.315 e. The highest BCUT2D eigenvalue weighted by atomic mass is 79.9. The molecule has 2 aromatic rings. The van der Waals surface area contributed by atoms with Crippen molar-refractivity contribution >= 4 is 58.9 Å². The standard InChI is InChI=1S/C10H8Br2N2O3S2/c1-5-9(18-10(15)13-5)19(16,17)14-8-3-2-6(11)4-7(8)12/h2-4,14H,1H3,(H,13,15). The van der Waals surface area contributed by atoms with Gasteiger partial charge in [-0.05, 0) is 41.1 Å². The van der Waals surface area contributed by atoms with Crippen LogP contribution in [0.3, 0.4) is 0 Å². The first kappa shape index (κ1) is 14.8. The first-order chi connectivity index (χ1) is 8.79. The zero-order valence-corrected chi connectivity index (χ0v) is 14.3. The summed E-state index contributed by atoms with van der Waals surface area (Å²) in [6.45, 7) is 1.54.